The van der Waals surface area contributed by atoms with Gasteiger partial charge in [-0.15, -0.1) is 0 Å². The van der Waals surface area contributed by atoms with Crippen LogP contribution in [0.3, 0.4) is 0 Å². The van der Waals surface area contributed by atoms with E-state index in [1.54, 1.807) is 0 Å². The van der Waals surface area contributed by atoms with Crippen LogP contribution in [0.4, 0.5) is 0 Å². The fourth-order valence-electron chi connectivity index (χ4n) is 1.62. The summed E-state index contributed by atoms with van der Waals surface area (Å²) in [6, 6.07) is 0.0687. The van der Waals surface area contributed by atoms with E-state index in [-0.39, 0.29) is 18.6 Å². The minimum atomic E-state index is -0.228. The molecule has 6 heteroatoms. The van der Waals surface area contributed by atoms with Crippen molar-refractivity contribution in [1.29, 1.82) is 0 Å². The van der Waals surface area contributed by atoms with Crippen LogP contribution in [0.2, 0.25) is 0 Å². The Morgan fingerprint density at radius 1 is 1.73 bits per heavy atom. The highest BCUT2D eigenvalue weighted by Gasteiger charge is 2.32. The number of aliphatic hydroxyl groups excluding tert-OH is 1. The first kappa shape index (κ1) is 10.1. The molecule has 0 saturated heterocycles. The largest absolute Gasteiger partial charge is 0.396 e. The summed E-state index contributed by atoms with van der Waals surface area (Å²) < 4.78 is 0. The van der Waals surface area contributed by atoms with Gasteiger partial charge in [0.25, 0.3) is 5.91 Å². The number of amides is 1. The molecule has 82 valence electrons. The number of nitrogens with zero attached hydrogens (tertiary/aromatic N) is 2. The Morgan fingerprint density at radius 2 is 2.53 bits per heavy atom. The van der Waals surface area contributed by atoms with E-state index in [4.69, 9.17) is 5.11 Å². The van der Waals surface area contributed by atoms with Crippen LogP contribution in [-0.4, -0.2) is 39.1 Å². The quantitative estimate of drug-likeness (QED) is 0.622. The van der Waals surface area contributed by atoms with Gasteiger partial charge >= 0.3 is 0 Å². The number of aromatic amines is 1. The van der Waals surface area contributed by atoms with Crippen molar-refractivity contribution >= 4 is 5.91 Å². The van der Waals surface area contributed by atoms with Crippen LogP contribution in [0.1, 0.15) is 29.8 Å². The monoisotopic (exact) mass is 210 g/mol. The van der Waals surface area contributed by atoms with Crippen molar-refractivity contribution < 1.29 is 9.90 Å². The molecule has 0 aromatic carbocycles. The van der Waals surface area contributed by atoms with Gasteiger partial charge in [0.1, 0.15) is 0 Å². The first-order chi connectivity index (χ1) is 7.31. The normalized spacial score (nSPS) is 17.4. The summed E-state index contributed by atoms with van der Waals surface area (Å²) in [4.78, 5) is 11.6. The van der Waals surface area contributed by atoms with Crippen molar-refractivity contribution in [2.75, 3.05) is 6.61 Å². The zero-order valence-electron chi connectivity index (χ0n) is 8.31. The van der Waals surface area contributed by atoms with Crippen LogP contribution >= 0.6 is 0 Å². The molecule has 0 bridgehead atoms. The zero-order valence-corrected chi connectivity index (χ0v) is 8.31. The SMILES string of the molecule is O=C(NC(CCO)C1CC1)c1cn[nH]n1. The Labute approximate surface area is 87.1 Å². The van der Waals surface area contributed by atoms with Crippen LogP contribution in [0, 0.1) is 5.92 Å². The Bertz CT molecular complexity index is 321. The average molecular weight is 210 g/mol. The molecule has 1 unspecified atom stereocenters. The van der Waals surface area contributed by atoms with Gasteiger partial charge in [-0.2, -0.15) is 15.4 Å². The molecule has 0 spiro atoms. The van der Waals surface area contributed by atoms with Crippen LogP contribution in [0.25, 0.3) is 0 Å². The number of carbonyl (C=O) groups excluding carboxylic acids is 1. The first-order valence-corrected chi connectivity index (χ1v) is 5.08. The molecule has 0 aliphatic heterocycles. The van der Waals surface area contributed by atoms with Crippen LogP contribution in [-0.2, 0) is 0 Å². The van der Waals surface area contributed by atoms with Gasteiger partial charge in [-0.05, 0) is 25.2 Å². The summed E-state index contributed by atoms with van der Waals surface area (Å²) in [5.41, 5.74) is 0.290. The lowest BCUT2D eigenvalue weighted by Crippen LogP contribution is -2.37. The third-order valence-electron chi connectivity index (χ3n) is 2.60. The van der Waals surface area contributed by atoms with Gasteiger partial charge in [0.2, 0.25) is 0 Å². The maximum absolute atomic E-state index is 11.6. The van der Waals surface area contributed by atoms with Crippen molar-refractivity contribution in [3.63, 3.8) is 0 Å². The molecule has 2 rings (SSSR count). The van der Waals surface area contributed by atoms with Gasteiger partial charge in [-0.3, -0.25) is 4.79 Å². The van der Waals surface area contributed by atoms with E-state index in [2.05, 4.69) is 20.7 Å². The fourth-order valence-corrected chi connectivity index (χ4v) is 1.62. The molecule has 1 heterocycles. The second-order valence-electron chi connectivity index (χ2n) is 3.78. The molecule has 1 fully saturated rings. The van der Waals surface area contributed by atoms with E-state index >= 15 is 0 Å². The summed E-state index contributed by atoms with van der Waals surface area (Å²) in [5.74, 6) is 0.294. The minimum Gasteiger partial charge on any atom is -0.396 e. The lowest BCUT2D eigenvalue weighted by atomic mass is 10.1. The Balaban J connectivity index is 1.91. The third kappa shape index (κ3) is 2.53. The topological polar surface area (TPSA) is 90.9 Å². The van der Waals surface area contributed by atoms with E-state index in [1.807, 2.05) is 0 Å². The van der Waals surface area contributed by atoms with Crippen molar-refractivity contribution in [3.8, 4) is 0 Å². The van der Waals surface area contributed by atoms with Gasteiger partial charge < -0.3 is 10.4 Å². The highest BCUT2D eigenvalue weighted by molar-refractivity contribution is 5.92. The molecule has 6 nitrogen and oxygen atoms in total. The zero-order chi connectivity index (χ0) is 10.7. The lowest BCUT2D eigenvalue weighted by molar-refractivity contribution is 0.0919. The van der Waals surface area contributed by atoms with E-state index in [0.717, 1.165) is 12.8 Å². The molecule has 1 saturated carbocycles. The molecule has 3 N–H and O–H groups in total. The third-order valence-corrected chi connectivity index (χ3v) is 2.60. The van der Waals surface area contributed by atoms with Crippen molar-refractivity contribution in [1.82, 2.24) is 20.7 Å². The summed E-state index contributed by atoms with van der Waals surface area (Å²) in [5, 5.41) is 21.4. The van der Waals surface area contributed by atoms with E-state index < -0.39 is 0 Å². The number of hydrogen-bond donors (Lipinski definition) is 3. The van der Waals surface area contributed by atoms with Crippen LogP contribution < -0.4 is 5.32 Å². The molecular formula is C9H14N4O2. The molecule has 1 aliphatic rings. The molecule has 1 aromatic heterocycles. The molecule has 1 aliphatic carbocycles. The van der Waals surface area contributed by atoms with Crippen molar-refractivity contribution in [3.05, 3.63) is 11.9 Å². The first-order valence-electron chi connectivity index (χ1n) is 5.08. The Kier molecular flexibility index (Phi) is 2.96. The predicted octanol–water partition coefficient (Wildman–Crippen LogP) is -0.305. The van der Waals surface area contributed by atoms with Gasteiger partial charge in [-0.1, -0.05) is 0 Å². The Morgan fingerprint density at radius 3 is 3.07 bits per heavy atom. The second kappa shape index (κ2) is 4.39. The maximum Gasteiger partial charge on any atom is 0.273 e. The van der Waals surface area contributed by atoms with Gasteiger partial charge in [-0.25, -0.2) is 0 Å². The summed E-state index contributed by atoms with van der Waals surface area (Å²) in [7, 11) is 0. The number of aromatic nitrogens is 3. The number of hydrogen-bond acceptors (Lipinski definition) is 4. The lowest BCUT2D eigenvalue weighted by Gasteiger charge is -2.15. The standard InChI is InChI=1S/C9H14N4O2/c14-4-3-7(6-1-2-6)11-9(15)8-5-10-13-12-8/h5-7,14H,1-4H2,(H,11,15)(H,10,12,13). The van der Waals surface area contributed by atoms with Crippen molar-refractivity contribution in [2.45, 2.75) is 25.3 Å². The molecular weight excluding hydrogens is 196 g/mol. The number of carbonyl (C=O) groups is 1. The number of nitrogens with one attached hydrogen (secondary N) is 2. The van der Waals surface area contributed by atoms with E-state index in [9.17, 15) is 4.79 Å². The predicted molar refractivity (Wildman–Crippen MR) is 52.1 cm³/mol. The molecule has 1 amide bonds. The number of H-pyrrole nitrogens is 1. The molecule has 1 aromatic rings. The van der Waals surface area contributed by atoms with Crippen LogP contribution in [0.15, 0.2) is 6.20 Å². The summed E-state index contributed by atoms with van der Waals surface area (Å²) >= 11 is 0. The van der Waals surface area contributed by atoms with Gasteiger partial charge in [0, 0.05) is 12.6 Å². The van der Waals surface area contributed by atoms with Crippen molar-refractivity contribution in [2.24, 2.45) is 5.92 Å². The second-order valence-corrected chi connectivity index (χ2v) is 3.78. The van der Waals surface area contributed by atoms with Gasteiger partial charge in [0.15, 0.2) is 5.69 Å². The molecule has 0 radical (unpaired) electrons. The maximum atomic E-state index is 11.6. The molecule has 15 heavy (non-hydrogen) atoms. The minimum absolute atomic E-state index is 0.0687. The summed E-state index contributed by atoms with van der Waals surface area (Å²) in [6.07, 6.45) is 4.25. The molecule has 1 atom stereocenters. The number of rotatable bonds is 5. The van der Waals surface area contributed by atoms with Gasteiger partial charge in [0.05, 0.1) is 6.20 Å². The van der Waals surface area contributed by atoms with E-state index in [0.29, 0.717) is 18.0 Å². The smallest absolute Gasteiger partial charge is 0.273 e. The highest BCUT2D eigenvalue weighted by atomic mass is 16.3. The fraction of sp³-hybridized carbons (Fsp3) is 0.667. The summed E-state index contributed by atoms with van der Waals surface area (Å²) in [6.45, 7) is 0.0975. The highest BCUT2D eigenvalue weighted by Crippen LogP contribution is 2.33. The average Bonchev–Trinajstić information content (AvgIpc) is 2.92. The number of aliphatic hydroxyl groups is 1. The van der Waals surface area contributed by atoms with Crippen LogP contribution in [0.5, 0.6) is 0 Å². The Hall–Kier alpha value is -1.43. The van der Waals surface area contributed by atoms with E-state index in [1.165, 1.54) is 6.20 Å².